The molecule has 0 fully saturated rings. The maximum atomic E-state index is 12.2. The molecule has 1 amide bonds. The molecule has 0 saturated heterocycles. The smallest absolute Gasteiger partial charge is 0.292 e. The molecule has 0 aliphatic carbocycles. The predicted octanol–water partition coefficient (Wildman–Crippen LogP) is 3.08. The quantitative estimate of drug-likeness (QED) is 0.550. The van der Waals surface area contributed by atoms with E-state index in [4.69, 9.17) is 4.74 Å². The normalized spacial score (nSPS) is 10.2. The van der Waals surface area contributed by atoms with Gasteiger partial charge in [0.05, 0.1) is 4.92 Å². The summed E-state index contributed by atoms with van der Waals surface area (Å²) in [7, 11) is 0. The van der Waals surface area contributed by atoms with Crippen molar-refractivity contribution in [3.63, 3.8) is 0 Å². The van der Waals surface area contributed by atoms with Crippen LogP contribution in [0.1, 0.15) is 10.5 Å². The second kappa shape index (κ2) is 7.26. The van der Waals surface area contributed by atoms with E-state index in [0.717, 1.165) is 0 Å². The monoisotopic (exact) mass is 338 g/mol. The van der Waals surface area contributed by atoms with Crippen molar-refractivity contribution in [3.8, 4) is 5.75 Å². The van der Waals surface area contributed by atoms with E-state index in [9.17, 15) is 14.9 Å². The zero-order valence-corrected chi connectivity index (χ0v) is 13.0. The van der Waals surface area contributed by atoms with Crippen LogP contribution >= 0.6 is 0 Å². The second-order valence-electron chi connectivity index (χ2n) is 5.06. The number of rotatable bonds is 6. The molecule has 1 N–H and O–H groups in total. The van der Waals surface area contributed by atoms with Crippen LogP contribution < -0.4 is 10.1 Å². The lowest BCUT2D eigenvalue weighted by Gasteiger charge is -2.06. The lowest BCUT2D eigenvalue weighted by atomic mass is 10.2. The Kier molecular flexibility index (Phi) is 4.70. The van der Waals surface area contributed by atoms with Crippen LogP contribution in [0.3, 0.4) is 0 Å². The van der Waals surface area contributed by atoms with Crippen LogP contribution in [0.15, 0.2) is 66.9 Å². The molecular weight excluding hydrogens is 324 g/mol. The van der Waals surface area contributed by atoms with Crippen molar-refractivity contribution in [3.05, 3.63) is 82.7 Å². The summed E-state index contributed by atoms with van der Waals surface area (Å²) in [5, 5.41) is 17.6. The Morgan fingerprint density at radius 2 is 1.84 bits per heavy atom. The van der Waals surface area contributed by atoms with Crippen LogP contribution in [0.25, 0.3) is 0 Å². The molecule has 0 unspecified atom stereocenters. The van der Waals surface area contributed by atoms with E-state index in [1.165, 1.54) is 28.9 Å². The average Bonchev–Trinajstić information content (AvgIpc) is 3.10. The Balaban J connectivity index is 1.66. The highest BCUT2D eigenvalue weighted by Crippen LogP contribution is 2.23. The van der Waals surface area contributed by atoms with Crippen LogP contribution in [0.2, 0.25) is 0 Å². The predicted molar refractivity (Wildman–Crippen MR) is 90.3 cm³/mol. The van der Waals surface area contributed by atoms with Crippen LogP contribution in [-0.2, 0) is 6.73 Å². The molecule has 25 heavy (non-hydrogen) atoms. The fourth-order valence-corrected chi connectivity index (χ4v) is 2.14. The average molecular weight is 338 g/mol. The van der Waals surface area contributed by atoms with Crippen molar-refractivity contribution in [1.82, 2.24) is 9.78 Å². The summed E-state index contributed by atoms with van der Waals surface area (Å²) in [5.74, 6) is 0.150. The molecular formula is C17H14N4O4. The molecule has 0 aliphatic rings. The van der Waals surface area contributed by atoms with Gasteiger partial charge in [-0.15, -0.1) is 0 Å². The van der Waals surface area contributed by atoms with Gasteiger partial charge in [-0.1, -0.05) is 30.3 Å². The highest BCUT2D eigenvalue weighted by Gasteiger charge is 2.17. The van der Waals surface area contributed by atoms with Crippen molar-refractivity contribution >= 4 is 17.3 Å². The zero-order valence-electron chi connectivity index (χ0n) is 13.0. The van der Waals surface area contributed by atoms with Crippen LogP contribution in [0.4, 0.5) is 11.4 Å². The number of benzene rings is 2. The molecule has 0 bridgehead atoms. The Morgan fingerprint density at radius 1 is 1.12 bits per heavy atom. The zero-order chi connectivity index (χ0) is 17.6. The summed E-state index contributed by atoms with van der Waals surface area (Å²) in [6, 6.07) is 16.6. The van der Waals surface area contributed by atoms with Gasteiger partial charge in [0, 0.05) is 12.3 Å². The van der Waals surface area contributed by atoms with Gasteiger partial charge in [-0.05, 0) is 24.3 Å². The molecule has 8 heteroatoms. The summed E-state index contributed by atoms with van der Waals surface area (Å²) in [4.78, 5) is 22.7. The molecule has 1 aromatic heterocycles. The first-order valence-corrected chi connectivity index (χ1v) is 7.39. The molecule has 3 aromatic rings. The standard InChI is InChI=1S/C17H14N4O4/c22-17(18-14-8-4-5-9-16(14)21(23)24)15-10-11-20(19-15)12-25-13-6-2-1-3-7-13/h1-11H,12H2,(H,18,22). The Morgan fingerprint density at radius 3 is 2.60 bits per heavy atom. The number of aromatic nitrogens is 2. The summed E-state index contributed by atoms with van der Waals surface area (Å²) in [6.07, 6.45) is 1.59. The van der Waals surface area contributed by atoms with Gasteiger partial charge < -0.3 is 10.1 Å². The maximum absolute atomic E-state index is 12.2. The van der Waals surface area contributed by atoms with Gasteiger partial charge in [-0.2, -0.15) is 5.10 Å². The van der Waals surface area contributed by atoms with Crippen LogP contribution in [-0.4, -0.2) is 20.6 Å². The summed E-state index contributed by atoms with van der Waals surface area (Å²) in [6.45, 7) is 0.142. The van der Waals surface area contributed by atoms with E-state index in [1.807, 2.05) is 30.3 Å². The number of hydrogen-bond donors (Lipinski definition) is 1. The Bertz CT molecular complexity index is 892. The number of carbonyl (C=O) groups is 1. The number of nitro benzene ring substituents is 1. The number of carbonyl (C=O) groups excluding carboxylic acids is 1. The molecule has 3 rings (SSSR count). The molecule has 2 aromatic carbocycles. The van der Waals surface area contributed by atoms with Crippen LogP contribution in [0, 0.1) is 10.1 Å². The van der Waals surface area contributed by atoms with E-state index in [2.05, 4.69) is 10.4 Å². The maximum Gasteiger partial charge on any atom is 0.292 e. The largest absolute Gasteiger partial charge is 0.471 e. The third-order valence-corrected chi connectivity index (χ3v) is 3.33. The minimum absolute atomic E-state index is 0.118. The van der Waals surface area contributed by atoms with Crippen molar-refractivity contribution in [2.75, 3.05) is 5.32 Å². The summed E-state index contributed by atoms with van der Waals surface area (Å²) < 4.78 is 6.99. The summed E-state index contributed by atoms with van der Waals surface area (Å²) >= 11 is 0. The number of anilines is 1. The fourth-order valence-electron chi connectivity index (χ4n) is 2.14. The minimum Gasteiger partial charge on any atom is -0.471 e. The van der Waals surface area contributed by atoms with Gasteiger partial charge >= 0.3 is 0 Å². The number of amides is 1. The van der Waals surface area contributed by atoms with Gasteiger partial charge in [0.25, 0.3) is 11.6 Å². The van der Waals surface area contributed by atoms with E-state index in [1.54, 1.807) is 12.3 Å². The first-order valence-electron chi connectivity index (χ1n) is 7.39. The third kappa shape index (κ3) is 3.99. The first kappa shape index (κ1) is 16.2. The van der Waals surface area contributed by atoms with Crippen molar-refractivity contribution < 1.29 is 14.5 Å². The number of nitro groups is 1. The van der Waals surface area contributed by atoms with Crippen LogP contribution in [0.5, 0.6) is 5.75 Å². The van der Waals surface area contributed by atoms with Gasteiger partial charge in [-0.3, -0.25) is 14.9 Å². The van der Waals surface area contributed by atoms with Gasteiger partial charge in [0.2, 0.25) is 0 Å². The molecule has 0 radical (unpaired) electrons. The molecule has 0 atom stereocenters. The fraction of sp³-hybridized carbons (Fsp3) is 0.0588. The number of nitrogens with zero attached hydrogens (tertiary/aromatic N) is 3. The highest BCUT2D eigenvalue weighted by molar-refractivity contribution is 6.04. The van der Waals surface area contributed by atoms with Crippen molar-refractivity contribution in [2.45, 2.75) is 6.73 Å². The minimum atomic E-state index is -0.554. The number of hydrogen-bond acceptors (Lipinski definition) is 5. The van der Waals surface area contributed by atoms with Gasteiger partial charge in [0.1, 0.15) is 11.4 Å². The van der Waals surface area contributed by atoms with Gasteiger partial charge in [0.15, 0.2) is 12.4 Å². The molecule has 0 spiro atoms. The number of para-hydroxylation sites is 3. The van der Waals surface area contributed by atoms with Crippen molar-refractivity contribution in [2.24, 2.45) is 0 Å². The van der Waals surface area contributed by atoms with E-state index in [0.29, 0.717) is 5.75 Å². The Hall–Kier alpha value is -3.68. The topological polar surface area (TPSA) is 99.3 Å². The molecule has 8 nitrogen and oxygen atoms in total. The summed E-state index contributed by atoms with van der Waals surface area (Å²) in [5.41, 5.74) is 0.0742. The Labute approximate surface area is 142 Å². The highest BCUT2D eigenvalue weighted by atomic mass is 16.6. The molecule has 1 heterocycles. The lowest BCUT2D eigenvalue weighted by Crippen LogP contribution is -2.15. The molecule has 126 valence electrons. The first-order chi connectivity index (χ1) is 12.1. The number of nitrogens with one attached hydrogen (secondary N) is 1. The third-order valence-electron chi connectivity index (χ3n) is 3.33. The van der Waals surface area contributed by atoms with Gasteiger partial charge in [-0.25, -0.2) is 4.68 Å². The number of ether oxygens (including phenoxy) is 1. The molecule has 0 aliphatic heterocycles. The molecule has 0 saturated carbocycles. The SMILES string of the molecule is O=C(Nc1ccccc1[N+](=O)[O-])c1ccn(COc2ccccc2)n1. The second-order valence-corrected chi connectivity index (χ2v) is 5.06. The van der Waals surface area contributed by atoms with Crippen molar-refractivity contribution in [1.29, 1.82) is 0 Å². The lowest BCUT2D eigenvalue weighted by molar-refractivity contribution is -0.383. The van der Waals surface area contributed by atoms with E-state index >= 15 is 0 Å². The van der Waals surface area contributed by atoms with E-state index < -0.39 is 10.8 Å². The van der Waals surface area contributed by atoms with E-state index in [-0.39, 0.29) is 23.8 Å².